The van der Waals surface area contributed by atoms with Crippen molar-refractivity contribution in [1.82, 2.24) is 5.32 Å². The number of hydrogen-bond acceptors (Lipinski definition) is 3. The molecule has 6 heteroatoms. The van der Waals surface area contributed by atoms with Gasteiger partial charge in [0.05, 0.1) is 34.8 Å². The van der Waals surface area contributed by atoms with Gasteiger partial charge in [0.15, 0.2) is 0 Å². The topological polar surface area (TPSA) is 49.4 Å². The molecule has 1 heterocycles. The first-order chi connectivity index (χ1) is 7.00. The Labute approximate surface area is 103 Å². The van der Waals surface area contributed by atoms with Gasteiger partial charge in [-0.3, -0.25) is 0 Å². The summed E-state index contributed by atoms with van der Waals surface area (Å²) in [6, 6.07) is 5.74. The van der Waals surface area contributed by atoms with Crippen molar-refractivity contribution in [2.45, 2.75) is 13.1 Å². The zero-order chi connectivity index (χ0) is 11.1. The Hall–Kier alpha value is -0.340. The number of fused-ring (bicyclic) bond motifs is 1. The predicted octanol–water partition coefficient (Wildman–Crippen LogP) is 1.41. The van der Waals surface area contributed by atoms with E-state index in [4.69, 9.17) is 0 Å². The Morgan fingerprint density at radius 3 is 2.80 bits per heavy atom. The van der Waals surface area contributed by atoms with Gasteiger partial charge in [-0.15, -0.1) is 0 Å². The molecule has 0 aliphatic carbocycles. The van der Waals surface area contributed by atoms with Crippen molar-refractivity contribution in [3.8, 4) is 0 Å². The summed E-state index contributed by atoms with van der Waals surface area (Å²) in [5, 5.41) is 3.21. The Bertz CT molecular complexity index is 487. The molecular formula is C9H11IN2O2S. The van der Waals surface area contributed by atoms with Gasteiger partial charge in [-0.05, 0) is 17.2 Å². The van der Waals surface area contributed by atoms with Gasteiger partial charge < -0.3 is 5.32 Å². The first kappa shape index (κ1) is 11.2. The monoisotopic (exact) mass is 338 g/mol. The van der Waals surface area contributed by atoms with Crippen LogP contribution in [0.4, 0.5) is 5.69 Å². The molecule has 0 fully saturated rings. The van der Waals surface area contributed by atoms with Crippen LogP contribution in [0.15, 0.2) is 18.2 Å². The lowest BCUT2D eigenvalue weighted by atomic mass is 10.1. The third-order valence-corrected chi connectivity index (χ3v) is 5.79. The summed E-state index contributed by atoms with van der Waals surface area (Å²) in [6.07, 6.45) is 1.21. The number of halogens is 1. The average molecular weight is 338 g/mol. The number of anilines is 1. The SMILES string of the molecule is CS(=O)(=O)N(I)c1cccc2c1CNC2. The highest BCUT2D eigenvalue weighted by atomic mass is 127. The van der Waals surface area contributed by atoms with Crippen LogP contribution < -0.4 is 7.84 Å². The molecule has 15 heavy (non-hydrogen) atoms. The first-order valence-corrected chi connectivity index (χ1v) is 7.29. The van der Waals surface area contributed by atoms with Gasteiger partial charge in [-0.25, -0.2) is 10.9 Å². The van der Waals surface area contributed by atoms with Gasteiger partial charge >= 0.3 is 0 Å². The second kappa shape index (κ2) is 3.91. The molecule has 4 nitrogen and oxygen atoms in total. The van der Waals surface area contributed by atoms with Crippen LogP contribution in [-0.4, -0.2) is 14.7 Å². The summed E-state index contributed by atoms with van der Waals surface area (Å²) in [6.45, 7) is 1.55. The summed E-state index contributed by atoms with van der Waals surface area (Å²) in [4.78, 5) is 0. The fraction of sp³-hybridized carbons (Fsp3) is 0.333. The maximum absolute atomic E-state index is 11.4. The summed E-state index contributed by atoms with van der Waals surface area (Å²) in [5.74, 6) is 0. The zero-order valence-electron chi connectivity index (χ0n) is 8.20. The Balaban J connectivity index is 2.50. The smallest absolute Gasteiger partial charge is 0.240 e. The quantitative estimate of drug-likeness (QED) is 0.655. The summed E-state index contributed by atoms with van der Waals surface area (Å²) < 4.78 is 24.2. The molecule has 82 valence electrons. The fourth-order valence-electron chi connectivity index (χ4n) is 1.66. The lowest BCUT2D eigenvalue weighted by Crippen LogP contribution is -2.19. The van der Waals surface area contributed by atoms with Crippen LogP contribution in [0, 0.1) is 0 Å². The normalized spacial score (nSPS) is 15.1. The van der Waals surface area contributed by atoms with E-state index in [1.165, 1.54) is 14.3 Å². The Morgan fingerprint density at radius 2 is 2.13 bits per heavy atom. The maximum atomic E-state index is 11.4. The van der Waals surface area contributed by atoms with Crippen LogP contribution >= 0.6 is 22.9 Å². The van der Waals surface area contributed by atoms with Crippen molar-refractivity contribution >= 4 is 38.6 Å². The number of hydrogen-bond donors (Lipinski definition) is 1. The van der Waals surface area contributed by atoms with E-state index in [-0.39, 0.29) is 0 Å². The number of sulfonamides is 1. The number of nitrogens with one attached hydrogen (secondary N) is 1. The molecule has 1 aliphatic rings. The zero-order valence-corrected chi connectivity index (χ0v) is 11.2. The first-order valence-electron chi connectivity index (χ1n) is 4.48. The van der Waals surface area contributed by atoms with E-state index in [9.17, 15) is 8.42 Å². The maximum Gasteiger partial charge on any atom is 0.240 e. The highest BCUT2D eigenvalue weighted by molar-refractivity contribution is 14.1. The third kappa shape index (κ3) is 2.11. The van der Waals surface area contributed by atoms with E-state index in [2.05, 4.69) is 5.32 Å². The van der Waals surface area contributed by atoms with Crippen LogP contribution in [0.25, 0.3) is 0 Å². The van der Waals surface area contributed by atoms with Gasteiger partial charge in [0.2, 0.25) is 10.0 Å². The van der Waals surface area contributed by atoms with Crippen molar-refractivity contribution in [2.24, 2.45) is 0 Å². The highest BCUT2D eigenvalue weighted by Gasteiger charge is 2.21. The minimum absolute atomic E-state index is 0.737. The van der Waals surface area contributed by atoms with Gasteiger partial charge in [0.25, 0.3) is 0 Å². The second-order valence-electron chi connectivity index (χ2n) is 3.50. The van der Waals surface area contributed by atoms with Gasteiger partial charge in [-0.1, -0.05) is 12.1 Å². The molecule has 0 aromatic heterocycles. The molecule has 0 atom stereocenters. The standard InChI is InChI=1S/C9H11IN2O2S/c1-15(13,14)12(10)9-4-2-3-7-5-11-6-8(7)9/h2-4,11H,5-6H2,1H3. The lowest BCUT2D eigenvalue weighted by molar-refractivity contribution is 0.604. The molecule has 1 aromatic carbocycles. The Kier molecular flexibility index (Phi) is 2.91. The van der Waals surface area contributed by atoms with E-state index >= 15 is 0 Å². The predicted molar refractivity (Wildman–Crippen MR) is 68.3 cm³/mol. The molecule has 0 amide bonds. The number of nitrogens with zero attached hydrogens (tertiary/aromatic N) is 1. The van der Waals surface area contributed by atoms with Crippen LogP contribution in [-0.2, 0) is 23.1 Å². The molecule has 0 spiro atoms. The number of rotatable bonds is 2. The van der Waals surface area contributed by atoms with Crippen molar-refractivity contribution in [3.05, 3.63) is 29.3 Å². The van der Waals surface area contributed by atoms with Crippen molar-refractivity contribution < 1.29 is 8.42 Å². The molecule has 0 radical (unpaired) electrons. The molecular weight excluding hydrogens is 327 g/mol. The second-order valence-corrected chi connectivity index (χ2v) is 6.95. The molecule has 1 aliphatic heterocycles. The van der Waals surface area contributed by atoms with Crippen LogP contribution in [0.2, 0.25) is 0 Å². The van der Waals surface area contributed by atoms with E-state index in [0.29, 0.717) is 0 Å². The largest absolute Gasteiger partial charge is 0.309 e. The molecule has 2 rings (SSSR count). The van der Waals surface area contributed by atoms with Crippen molar-refractivity contribution in [1.29, 1.82) is 0 Å². The lowest BCUT2D eigenvalue weighted by Gasteiger charge is -2.17. The van der Waals surface area contributed by atoms with E-state index in [0.717, 1.165) is 24.3 Å². The average Bonchev–Trinajstić information content (AvgIpc) is 2.62. The van der Waals surface area contributed by atoms with Crippen LogP contribution in [0.3, 0.4) is 0 Å². The van der Waals surface area contributed by atoms with E-state index < -0.39 is 10.0 Å². The molecule has 0 bridgehead atoms. The summed E-state index contributed by atoms with van der Waals surface area (Å²) in [7, 11) is -3.19. The Morgan fingerprint density at radius 1 is 1.40 bits per heavy atom. The molecule has 1 N–H and O–H groups in total. The van der Waals surface area contributed by atoms with Gasteiger partial charge in [0, 0.05) is 13.1 Å². The molecule has 0 unspecified atom stereocenters. The van der Waals surface area contributed by atoms with E-state index in [1.807, 2.05) is 41.1 Å². The third-order valence-electron chi connectivity index (χ3n) is 2.35. The van der Waals surface area contributed by atoms with Crippen molar-refractivity contribution in [2.75, 3.05) is 8.77 Å². The molecule has 0 saturated carbocycles. The minimum atomic E-state index is -3.19. The van der Waals surface area contributed by atoms with Gasteiger partial charge in [-0.2, -0.15) is 0 Å². The minimum Gasteiger partial charge on any atom is -0.309 e. The van der Waals surface area contributed by atoms with Crippen LogP contribution in [0.5, 0.6) is 0 Å². The summed E-state index contributed by atoms with van der Waals surface area (Å²) in [5.41, 5.74) is 3.02. The molecule has 1 aromatic rings. The molecule has 0 saturated heterocycles. The van der Waals surface area contributed by atoms with Crippen LogP contribution in [0.1, 0.15) is 11.1 Å². The summed E-state index contributed by atoms with van der Waals surface area (Å²) >= 11 is 1.83. The van der Waals surface area contributed by atoms with E-state index in [1.54, 1.807) is 0 Å². The van der Waals surface area contributed by atoms with Crippen molar-refractivity contribution in [3.63, 3.8) is 0 Å². The number of benzene rings is 1. The van der Waals surface area contributed by atoms with Gasteiger partial charge in [0.1, 0.15) is 0 Å². The fourth-order valence-corrected chi connectivity index (χ4v) is 2.64. The highest BCUT2D eigenvalue weighted by Crippen LogP contribution is 2.31.